The third kappa shape index (κ3) is 5.04. The molecule has 39 heavy (non-hydrogen) atoms. The number of hydrogen-bond acceptors (Lipinski definition) is 3. The molecule has 0 bridgehead atoms. The fraction of sp³-hybridized carbons (Fsp3) is 0.233. The second kappa shape index (κ2) is 10.4. The van der Waals surface area contributed by atoms with Crippen molar-refractivity contribution < 1.29 is 22.8 Å². The Morgan fingerprint density at radius 2 is 1.64 bits per heavy atom. The maximum atomic E-state index is 14.0. The van der Waals surface area contributed by atoms with Crippen LogP contribution in [0, 0.1) is 6.92 Å². The third-order valence-corrected chi connectivity index (χ3v) is 7.00. The number of fused-ring (bicyclic) bond motifs is 1. The van der Waals surface area contributed by atoms with E-state index in [1.165, 1.54) is 12.1 Å². The number of carbonyl (C=O) groups is 2. The van der Waals surface area contributed by atoms with E-state index >= 15 is 0 Å². The molecule has 0 fully saturated rings. The van der Waals surface area contributed by atoms with Crippen molar-refractivity contribution in [1.82, 2.24) is 15.1 Å². The third-order valence-electron chi connectivity index (χ3n) is 7.00. The molecule has 3 aromatic carbocycles. The molecule has 1 N–H and O–H groups in total. The van der Waals surface area contributed by atoms with E-state index in [0.29, 0.717) is 24.5 Å². The van der Waals surface area contributed by atoms with Crippen LogP contribution in [0.2, 0.25) is 0 Å². The zero-order valence-electron chi connectivity index (χ0n) is 21.4. The Bertz CT molecular complexity index is 1500. The van der Waals surface area contributed by atoms with Gasteiger partial charge < -0.3 is 5.32 Å². The number of halogens is 3. The van der Waals surface area contributed by atoms with Crippen LogP contribution in [0.5, 0.6) is 0 Å². The number of alkyl halides is 3. The standard InChI is InChI=1S/C30H27F3N4O2/c1-3-36-28-25(19(2)35-37(28)23-15-8-5-9-16-23)24(17-20-11-6-4-7-12-20)26(29(36)39)34-27(38)21-13-10-14-22(18-21)30(31,32)33/h4-16,18,24,26H,3,17H2,1-2H3,(H,34,38)/t24-,26-/m0/s1. The average Bonchev–Trinajstić information content (AvgIpc) is 3.28. The van der Waals surface area contributed by atoms with Crippen LogP contribution >= 0.6 is 0 Å². The number of aromatic nitrogens is 2. The summed E-state index contributed by atoms with van der Waals surface area (Å²) >= 11 is 0. The van der Waals surface area contributed by atoms with E-state index in [2.05, 4.69) is 5.32 Å². The highest BCUT2D eigenvalue weighted by Gasteiger charge is 2.44. The largest absolute Gasteiger partial charge is 0.416 e. The first-order valence-corrected chi connectivity index (χ1v) is 12.7. The van der Waals surface area contributed by atoms with Crippen LogP contribution in [0.15, 0.2) is 84.9 Å². The van der Waals surface area contributed by atoms with Gasteiger partial charge in [0.2, 0.25) is 0 Å². The lowest BCUT2D eigenvalue weighted by atomic mass is 9.81. The van der Waals surface area contributed by atoms with Crippen LogP contribution in [0.25, 0.3) is 5.69 Å². The molecule has 5 rings (SSSR count). The monoisotopic (exact) mass is 532 g/mol. The van der Waals surface area contributed by atoms with Crippen LogP contribution in [0.3, 0.4) is 0 Å². The lowest BCUT2D eigenvalue weighted by molar-refractivity contribution is -0.137. The number of likely N-dealkylation sites (N-methyl/N-ethyl adjacent to an activating group) is 1. The average molecular weight is 533 g/mol. The Morgan fingerprint density at radius 3 is 2.28 bits per heavy atom. The predicted molar refractivity (Wildman–Crippen MR) is 142 cm³/mol. The maximum absolute atomic E-state index is 14.0. The van der Waals surface area contributed by atoms with E-state index < -0.39 is 29.6 Å². The highest BCUT2D eigenvalue weighted by molar-refractivity contribution is 6.05. The topological polar surface area (TPSA) is 67.2 Å². The van der Waals surface area contributed by atoms with Gasteiger partial charge in [-0.05, 0) is 56.2 Å². The van der Waals surface area contributed by atoms with Gasteiger partial charge in [0.15, 0.2) is 0 Å². The minimum absolute atomic E-state index is 0.165. The molecule has 4 aromatic rings. The molecular formula is C30H27F3N4O2. The first kappa shape index (κ1) is 26.2. The number of aryl methyl sites for hydroxylation is 1. The number of amides is 2. The highest BCUT2D eigenvalue weighted by Crippen LogP contribution is 2.41. The van der Waals surface area contributed by atoms with E-state index in [4.69, 9.17) is 5.10 Å². The molecule has 1 aliphatic rings. The van der Waals surface area contributed by atoms with Gasteiger partial charge in [0.1, 0.15) is 11.9 Å². The van der Waals surface area contributed by atoms with E-state index in [1.807, 2.05) is 74.5 Å². The number of nitrogens with zero attached hydrogens (tertiary/aromatic N) is 3. The molecule has 1 aromatic heterocycles. The van der Waals surface area contributed by atoms with Gasteiger partial charge in [-0.2, -0.15) is 18.3 Å². The van der Waals surface area contributed by atoms with E-state index in [9.17, 15) is 22.8 Å². The fourth-order valence-electron chi connectivity index (χ4n) is 5.20. The molecule has 0 spiro atoms. The summed E-state index contributed by atoms with van der Waals surface area (Å²) in [4.78, 5) is 28.9. The van der Waals surface area contributed by atoms with Crippen LogP contribution in [0.1, 0.15) is 45.6 Å². The Balaban J connectivity index is 1.60. The zero-order valence-corrected chi connectivity index (χ0v) is 21.4. The second-order valence-corrected chi connectivity index (χ2v) is 9.48. The van der Waals surface area contributed by atoms with Crippen molar-refractivity contribution in [3.05, 3.63) is 113 Å². The summed E-state index contributed by atoms with van der Waals surface area (Å²) in [5, 5.41) is 7.56. The number of benzene rings is 3. The van der Waals surface area contributed by atoms with Crippen molar-refractivity contribution in [3.8, 4) is 5.69 Å². The van der Waals surface area contributed by atoms with Crippen LogP contribution in [-0.4, -0.2) is 34.2 Å². The maximum Gasteiger partial charge on any atom is 0.416 e. The van der Waals surface area contributed by atoms with Crippen molar-refractivity contribution in [2.24, 2.45) is 0 Å². The molecule has 0 saturated carbocycles. The van der Waals surface area contributed by atoms with Gasteiger partial charge in [-0.1, -0.05) is 54.6 Å². The molecule has 200 valence electrons. The summed E-state index contributed by atoms with van der Waals surface area (Å²) in [7, 11) is 0. The molecule has 0 radical (unpaired) electrons. The van der Waals surface area contributed by atoms with E-state index in [1.54, 1.807) is 9.58 Å². The normalized spacial score (nSPS) is 17.2. The Morgan fingerprint density at radius 1 is 0.974 bits per heavy atom. The van der Waals surface area contributed by atoms with Crippen molar-refractivity contribution in [2.75, 3.05) is 11.4 Å². The molecule has 2 heterocycles. The first-order chi connectivity index (χ1) is 18.7. The van der Waals surface area contributed by atoms with E-state index in [0.717, 1.165) is 28.9 Å². The molecule has 0 unspecified atom stereocenters. The summed E-state index contributed by atoms with van der Waals surface area (Å²) in [6.07, 6.45) is -4.17. The summed E-state index contributed by atoms with van der Waals surface area (Å²) in [6, 6.07) is 22.3. The zero-order chi connectivity index (χ0) is 27.7. The summed E-state index contributed by atoms with van der Waals surface area (Å²) in [5.41, 5.74) is 2.18. The molecular weight excluding hydrogens is 505 g/mol. The summed E-state index contributed by atoms with van der Waals surface area (Å²) in [6.45, 7) is 4.02. The molecule has 9 heteroatoms. The Kier molecular flexibility index (Phi) is 6.99. The minimum Gasteiger partial charge on any atom is -0.340 e. The number of anilines is 1. The van der Waals surface area contributed by atoms with Gasteiger partial charge >= 0.3 is 6.18 Å². The van der Waals surface area contributed by atoms with E-state index in [-0.39, 0.29) is 11.5 Å². The smallest absolute Gasteiger partial charge is 0.340 e. The van der Waals surface area contributed by atoms with Crippen molar-refractivity contribution in [2.45, 2.75) is 38.4 Å². The first-order valence-electron chi connectivity index (χ1n) is 12.7. The molecule has 6 nitrogen and oxygen atoms in total. The Hall–Kier alpha value is -4.40. The number of carbonyl (C=O) groups excluding carboxylic acids is 2. The molecule has 0 saturated heterocycles. The highest BCUT2D eigenvalue weighted by atomic mass is 19.4. The molecule has 0 aliphatic carbocycles. The summed E-state index contributed by atoms with van der Waals surface area (Å²) in [5.74, 6) is -0.949. The minimum atomic E-state index is -4.59. The fourth-order valence-corrected chi connectivity index (χ4v) is 5.20. The van der Waals surface area contributed by atoms with Gasteiger partial charge in [0.25, 0.3) is 11.8 Å². The number of nitrogens with one attached hydrogen (secondary N) is 1. The molecule has 1 aliphatic heterocycles. The molecule has 2 amide bonds. The Labute approximate surface area is 224 Å². The van der Waals surface area contributed by atoms with Crippen LogP contribution in [0.4, 0.5) is 19.0 Å². The second-order valence-electron chi connectivity index (χ2n) is 9.48. The molecule has 2 atom stereocenters. The van der Waals surface area contributed by atoms with Gasteiger partial charge in [-0.25, -0.2) is 4.68 Å². The summed E-state index contributed by atoms with van der Waals surface area (Å²) < 4.78 is 41.7. The van der Waals surface area contributed by atoms with Crippen molar-refractivity contribution in [3.63, 3.8) is 0 Å². The number of hydrogen-bond donors (Lipinski definition) is 1. The van der Waals surface area contributed by atoms with Gasteiger partial charge in [-0.3, -0.25) is 14.5 Å². The lowest BCUT2D eigenvalue weighted by Crippen LogP contribution is -2.55. The SMILES string of the molecule is CCN1C(=O)[C@@H](NC(=O)c2cccc(C(F)(F)F)c2)[C@@H](Cc2ccccc2)c2c(C)nn(-c3ccccc3)c21. The number of rotatable bonds is 6. The van der Waals surface area contributed by atoms with Crippen molar-refractivity contribution in [1.29, 1.82) is 0 Å². The van der Waals surface area contributed by atoms with Gasteiger partial charge in [0.05, 0.1) is 16.9 Å². The quantitative estimate of drug-likeness (QED) is 0.347. The van der Waals surface area contributed by atoms with Gasteiger partial charge in [0, 0.05) is 23.6 Å². The van der Waals surface area contributed by atoms with Crippen molar-refractivity contribution >= 4 is 17.6 Å². The van der Waals surface area contributed by atoms with Gasteiger partial charge in [-0.15, -0.1) is 0 Å². The van der Waals surface area contributed by atoms with Crippen LogP contribution in [-0.2, 0) is 17.4 Å². The number of para-hydroxylation sites is 1. The van der Waals surface area contributed by atoms with Crippen LogP contribution < -0.4 is 10.2 Å². The predicted octanol–water partition coefficient (Wildman–Crippen LogP) is 5.69. The lowest BCUT2D eigenvalue weighted by Gasteiger charge is -2.38.